The molecule has 1 atom stereocenters. The second-order valence-electron chi connectivity index (χ2n) is 4.38. The molecule has 0 aromatic heterocycles. The van der Waals surface area contributed by atoms with Gasteiger partial charge in [0.15, 0.2) is 0 Å². The number of rotatable bonds is 4. The van der Waals surface area contributed by atoms with Crippen LogP contribution in [0.3, 0.4) is 0 Å². The van der Waals surface area contributed by atoms with Gasteiger partial charge in [0.1, 0.15) is 0 Å². The number of hydrogen-bond donors (Lipinski definition) is 2. The summed E-state index contributed by atoms with van der Waals surface area (Å²) < 4.78 is 0. The van der Waals surface area contributed by atoms with Gasteiger partial charge in [-0.15, -0.1) is 0 Å². The van der Waals surface area contributed by atoms with Crippen molar-refractivity contribution in [2.45, 2.75) is 51.5 Å². The molecule has 0 bridgehead atoms. The Hall–Kier alpha value is -0.0800. The van der Waals surface area contributed by atoms with Crippen LogP contribution >= 0.6 is 0 Å². The van der Waals surface area contributed by atoms with Gasteiger partial charge in [0.25, 0.3) is 0 Å². The smallest absolute Gasteiger partial charge is 0.0468 e. The van der Waals surface area contributed by atoms with Crippen LogP contribution in [-0.2, 0) is 0 Å². The van der Waals surface area contributed by atoms with Gasteiger partial charge in [0.2, 0.25) is 0 Å². The molecule has 1 aliphatic carbocycles. The van der Waals surface area contributed by atoms with Crippen molar-refractivity contribution in [1.29, 1.82) is 0 Å². The average molecular weight is 185 g/mol. The Morgan fingerprint density at radius 2 is 1.85 bits per heavy atom. The molecule has 0 aromatic carbocycles. The third kappa shape index (κ3) is 4.63. The minimum absolute atomic E-state index is 0.305. The van der Waals surface area contributed by atoms with Gasteiger partial charge in [0.05, 0.1) is 0 Å². The Labute approximate surface area is 81.7 Å². The molecular weight excluding hydrogens is 162 g/mol. The largest absolute Gasteiger partial charge is 0.396 e. The highest BCUT2D eigenvalue weighted by molar-refractivity contribution is 4.71. The van der Waals surface area contributed by atoms with E-state index in [9.17, 15) is 0 Å². The van der Waals surface area contributed by atoms with Crippen molar-refractivity contribution >= 4 is 0 Å². The maximum Gasteiger partial charge on any atom is 0.0468 e. The Morgan fingerprint density at radius 3 is 2.38 bits per heavy atom. The highest BCUT2D eigenvalue weighted by atomic mass is 16.3. The molecule has 0 spiro atoms. The van der Waals surface area contributed by atoms with Crippen molar-refractivity contribution in [2.75, 3.05) is 13.2 Å². The van der Waals surface area contributed by atoms with Crippen LogP contribution in [0.2, 0.25) is 0 Å². The molecule has 2 heteroatoms. The Kier molecular flexibility index (Phi) is 5.40. The van der Waals surface area contributed by atoms with E-state index >= 15 is 0 Å². The van der Waals surface area contributed by atoms with E-state index in [1.54, 1.807) is 0 Å². The van der Waals surface area contributed by atoms with Crippen molar-refractivity contribution < 1.29 is 5.11 Å². The lowest BCUT2D eigenvalue weighted by molar-refractivity contribution is 0.228. The van der Waals surface area contributed by atoms with Gasteiger partial charge in [-0.1, -0.05) is 32.6 Å². The molecule has 2 N–H and O–H groups in total. The van der Waals surface area contributed by atoms with Crippen molar-refractivity contribution in [2.24, 2.45) is 5.92 Å². The maximum atomic E-state index is 8.88. The zero-order valence-electron chi connectivity index (χ0n) is 8.76. The summed E-state index contributed by atoms with van der Waals surface area (Å²) in [5, 5.41) is 12.4. The average Bonchev–Trinajstić information content (AvgIpc) is 2.42. The Balaban J connectivity index is 2.11. The quantitative estimate of drug-likeness (QED) is 0.656. The SMILES string of the molecule is CC(CO)CNC1CCCCCC1. The van der Waals surface area contributed by atoms with E-state index in [-0.39, 0.29) is 0 Å². The second kappa shape index (κ2) is 6.39. The van der Waals surface area contributed by atoms with Crippen molar-refractivity contribution in [3.8, 4) is 0 Å². The third-order valence-corrected chi connectivity index (χ3v) is 2.92. The van der Waals surface area contributed by atoms with Gasteiger partial charge in [-0.25, -0.2) is 0 Å². The van der Waals surface area contributed by atoms with Crippen LogP contribution in [-0.4, -0.2) is 24.3 Å². The molecule has 1 fully saturated rings. The predicted molar refractivity (Wildman–Crippen MR) is 55.7 cm³/mol. The molecule has 1 aliphatic rings. The summed E-state index contributed by atoms with van der Waals surface area (Å²) in [6.45, 7) is 3.37. The molecule has 0 saturated heterocycles. The van der Waals surface area contributed by atoms with Crippen LogP contribution in [0.4, 0.5) is 0 Å². The van der Waals surface area contributed by atoms with E-state index < -0.39 is 0 Å². The maximum absolute atomic E-state index is 8.88. The molecule has 0 amide bonds. The zero-order chi connectivity index (χ0) is 9.52. The van der Waals surface area contributed by atoms with Gasteiger partial charge in [-0.05, 0) is 18.8 Å². The van der Waals surface area contributed by atoms with Crippen LogP contribution in [0, 0.1) is 5.92 Å². The van der Waals surface area contributed by atoms with Crippen LogP contribution in [0.25, 0.3) is 0 Å². The van der Waals surface area contributed by atoms with Gasteiger partial charge < -0.3 is 10.4 Å². The summed E-state index contributed by atoms with van der Waals surface area (Å²) >= 11 is 0. The normalized spacial score (nSPS) is 22.6. The lowest BCUT2D eigenvalue weighted by Crippen LogP contribution is -2.33. The monoisotopic (exact) mass is 185 g/mol. The van der Waals surface area contributed by atoms with Crippen LogP contribution in [0.1, 0.15) is 45.4 Å². The topological polar surface area (TPSA) is 32.3 Å². The fourth-order valence-corrected chi connectivity index (χ4v) is 1.92. The van der Waals surface area contributed by atoms with E-state index in [2.05, 4.69) is 12.2 Å². The van der Waals surface area contributed by atoms with Gasteiger partial charge in [-0.3, -0.25) is 0 Å². The minimum Gasteiger partial charge on any atom is -0.396 e. The fraction of sp³-hybridized carbons (Fsp3) is 1.00. The van der Waals surface area contributed by atoms with Gasteiger partial charge in [0, 0.05) is 19.2 Å². The number of hydrogen-bond acceptors (Lipinski definition) is 2. The molecular formula is C11H23NO. The summed E-state index contributed by atoms with van der Waals surface area (Å²) in [4.78, 5) is 0. The first-order valence-corrected chi connectivity index (χ1v) is 5.67. The first kappa shape index (κ1) is 11.0. The molecule has 0 radical (unpaired) electrons. The first-order chi connectivity index (χ1) is 6.33. The van der Waals surface area contributed by atoms with E-state index in [0.717, 1.165) is 12.6 Å². The molecule has 0 aromatic rings. The summed E-state index contributed by atoms with van der Waals surface area (Å²) in [6.07, 6.45) is 8.24. The molecule has 1 rings (SSSR count). The molecule has 1 unspecified atom stereocenters. The summed E-state index contributed by atoms with van der Waals surface area (Å²) in [6, 6.07) is 0.719. The van der Waals surface area contributed by atoms with Gasteiger partial charge in [-0.2, -0.15) is 0 Å². The van der Waals surface area contributed by atoms with E-state index in [1.165, 1.54) is 38.5 Å². The molecule has 13 heavy (non-hydrogen) atoms. The van der Waals surface area contributed by atoms with E-state index in [0.29, 0.717) is 12.5 Å². The highest BCUT2D eigenvalue weighted by Gasteiger charge is 2.11. The summed E-state index contributed by atoms with van der Waals surface area (Å²) in [7, 11) is 0. The zero-order valence-corrected chi connectivity index (χ0v) is 8.76. The molecule has 2 nitrogen and oxygen atoms in total. The Morgan fingerprint density at radius 1 is 1.23 bits per heavy atom. The molecule has 0 aliphatic heterocycles. The first-order valence-electron chi connectivity index (χ1n) is 5.67. The standard InChI is InChI=1S/C11H23NO/c1-10(9-13)8-12-11-6-4-2-3-5-7-11/h10-13H,2-9H2,1H3. The highest BCUT2D eigenvalue weighted by Crippen LogP contribution is 2.17. The lowest BCUT2D eigenvalue weighted by Gasteiger charge is -2.18. The van der Waals surface area contributed by atoms with E-state index in [4.69, 9.17) is 5.11 Å². The van der Waals surface area contributed by atoms with Crippen LogP contribution in [0.15, 0.2) is 0 Å². The molecule has 78 valence electrons. The van der Waals surface area contributed by atoms with Crippen LogP contribution < -0.4 is 5.32 Å². The molecule has 1 saturated carbocycles. The summed E-state index contributed by atoms with van der Waals surface area (Å²) in [5.41, 5.74) is 0. The Bertz CT molecular complexity index is 119. The third-order valence-electron chi connectivity index (χ3n) is 2.92. The second-order valence-corrected chi connectivity index (χ2v) is 4.38. The number of nitrogens with one attached hydrogen (secondary N) is 1. The number of aliphatic hydroxyl groups excluding tert-OH is 1. The number of aliphatic hydroxyl groups is 1. The van der Waals surface area contributed by atoms with Gasteiger partial charge >= 0.3 is 0 Å². The summed E-state index contributed by atoms with van der Waals surface area (Å²) in [5.74, 6) is 0.406. The minimum atomic E-state index is 0.305. The lowest BCUT2D eigenvalue weighted by atomic mass is 10.1. The van der Waals surface area contributed by atoms with Crippen molar-refractivity contribution in [1.82, 2.24) is 5.32 Å². The van der Waals surface area contributed by atoms with E-state index in [1.807, 2.05) is 0 Å². The van der Waals surface area contributed by atoms with Crippen LogP contribution in [0.5, 0.6) is 0 Å². The fourth-order valence-electron chi connectivity index (χ4n) is 1.92. The predicted octanol–water partition coefficient (Wildman–Crippen LogP) is 1.93. The van der Waals surface area contributed by atoms with Crippen molar-refractivity contribution in [3.63, 3.8) is 0 Å². The molecule has 0 heterocycles. The van der Waals surface area contributed by atoms with Crippen molar-refractivity contribution in [3.05, 3.63) is 0 Å².